The number of carbonyl (C=O) groups is 1. The molecule has 1 aliphatic rings. The summed E-state index contributed by atoms with van der Waals surface area (Å²) < 4.78 is 20.8. The van der Waals surface area contributed by atoms with Crippen LogP contribution in [0.2, 0.25) is 0 Å². The molecule has 0 unspecified atom stereocenters. The summed E-state index contributed by atoms with van der Waals surface area (Å²) >= 11 is 0. The maximum atomic E-state index is 12.2. The third-order valence-corrected chi connectivity index (χ3v) is 3.40. The first-order valence-corrected chi connectivity index (χ1v) is 6.71. The van der Waals surface area contributed by atoms with Crippen molar-refractivity contribution in [1.29, 1.82) is 0 Å². The van der Waals surface area contributed by atoms with Gasteiger partial charge in [0.2, 0.25) is 6.79 Å². The van der Waals surface area contributed by atoms with Crippen molar-refractivity contribution in [2.75, 3.05) is 6.79 Å². The van der Waals surface area contributed by atoms with Crippen molar-refractivity contribution in [3.05, 3.63) is 60.1 Å². The van der Waals surface area contributed by atoms with E-state index in [0.717, 1.165) is 5.56 Å². The molecule has 1 aliphatic heterocycles. The molecule has 5 nitrogen and oxygen atoms in total. The molecule has 0 bridgehead atoms. The van der Waals surface area contributed by atoms with E-state index < -0.39 is 0 Å². The number of hydrogen-bond donors (Lipinski definition) is 0. The van der Waals surface area contributed by atoms with Gasteiger partial charge in [-0.25, -0.2) is 0 Å². The number of carbonyl (C=O) groups excluding carboxylic acids is 1. The third-order valence-electron chi connectivity index (χ3n) is 3.40. The highest BCUT2D eigenvalue weighted by atomic mass is 16.7. The zero-order chi connectivity index (χ0) is 14.9. The Bertz CT molecular complexity index is 891. The van der Waals surface area contributed by atoms with Gasteiger partial charge in [-0.3, -0.25) is 13.6 Å². The van der Waals surface area contributed by atoms with Crippen molar-refractivity contribution < 1.29 is 23.1 Å². The van der Waals surface area contributed by atoms with Gasteiger partial charge in [0.05, 0.1) is 0 Å². The zero-order valence-electron chi connectivity index (χ0n) is 11.4. The maximum Gasteiger partial charge on any atom is 0.485 e. The molecule has 0 radical (unpaired) electrons. The normalized spacial score (nSPS) is 13.1. The minimum atomic E-state index is -0.109. The molecule has 5 heteroatoms. The van der Waals surface area contributed by atoms with E-state index >= 15 is 0 Å². The number of allylic oxidation sites excluding steroid dienone is 1. The third kappa shape index (κ3) is 2.22. The van der Waals surface area contributed by atoms with Gasteiger partial charge in [0, 0.05) is 17.7 Å². The van der Waals surface area contributed by atoms with Crippen LogP contribution < -0.4 is 9.47 Å². The van der Waals surface area contributed by atoms with Crippen LogP contribution in [-0.2, 0) is 0 Å². The average molecular weight is 295 g/mol. The molecular weight excluding hydrogens is 284 g/mol. The summed E-state index contributed by atoms with van der Waals surface area (Å²) in [4.78, 5) is 12.2. The molecule has 2 heterocycles. The van der Waals surface area contributed by atoms with Gasteiger partial charge in [-0.2, -0.15) is 0 Å². The summed E-state index contributed by atoms with van der Waals surface area (Å²) in [6.07, 6.45) is 3.24. The highest BCUT2D eigenvalue weighted by Gasteiger charge is 2.15. The Morgan fingerprint density at radius 1 is 1.09 bits per heavy atom. The molecule has 0 amide bonds. The highest BCUT2D eigenvalue weighted by Crippen LogP contribution is 2.32. The lowest BCUT2D eigenvalue weighted by atomic mass is 10.1. The van der Waals surface area contributed by atoms with Crippen molar-refractivity contribution in [2.45, 2.75) is 0 Å². The van der Waals surface area contributed by atoms with Crippen LogP contribution in [0.3, 0.4) is 0 Å². The minimum Gasteiger partial charge on any atom is -0.454 e. The van der Waals surface area contributed by atoms with E-state index in [1.807, 2.05) is 12.1 Å². The Labute approximate surface area is 125 Å². The predicted octanol–water partition coefficient (Wildman–Crippen LogP) is 3.93. The number of fused-ring (bicyclic) bond motifs is 2. The van der Waals surface area contributed by atoms with Crippen molar-refractivity contribution in [3.8, 4) is 11.5 Å². The summed E-state index contributed by atoms with van der Waals surface area (Å²) in [5.41, 5.74) is 2.71. The van der Waals surface area contributed by atoms with E-state index in [-0.39, 0.29) is 12.6 Å². The van der Waals surface area contributed by atoms with Crippen LogP contribution >= 0.6 is 0 Å². The number of ketones is 1. The van der Waals surface area contributed by atoms with E-state index in [1.54, 1.807) is 30.3 Å². The van der Waals surface area contributed by atoms with Gasteiger partial charge < -0.3 is 9.47 Å². The van der Waals surface area contributed by atoms with Gasteiger partial charge in [0.25, 0.3) is 0 Å². The molecule has 4 rings (SSSR count). The standard InChI is InChI=1S/C17H11O5/c18-13(12-3-6-15-17(8-12)22-10-20-15)4-1-11-2-5-14-16(7-11)21-9-19-14/h1-9H,10H2/q+1/b4-1+. The Morgan fingerprint density at radius 3 is 2.95 bits per heavy atom. The fourth-order valence-corrected chi connectivity index (χ4v) is 2.26. The van der Waals surface area contributed by atoms with E-state index in [0.29, 0.717) is 28.2 Å². The Balaban J connectivity index is 1.58. The molecule has 0 saturated carbocycles. The molecule has 0 N–H and O–H groups in total. The zero-order valence-corrected chi connectivity index (χ0v) is 11.4. The van der Waals surface area contributed by atoms with Crippen LogP contribution in [0.15, 0.2) is 57.8 Å². The van der Waals surface area contributed by atoms with Crippen LogP contribution in [0.4, 0.5) is 0 Å². The number of benzene rings is 2. The maximum absolute atomic E-state index is 12.2. The molecule has 0 spiro atoms. The second-order valence-electron chi connectivity index (χ2n) is 4.80. The first kappa shape index (κ1) is 12.6. The quantitative estimate of drug-likeness (QED) is 0.416. The van der Waals surface area contributed by atoms with Crippen molar-refractivity contribution in [3.63, 3.8) is 0 Å². The van der Waals surface area contributed by atoms with E-state index in [2.05, 4.69) is 0 Å². The summed E-state index contributed by atoms with van der Waals surface area (Å²) in [5.74, 6) is 1.15. The van der Waals surface area contributed by atoms with Gasteiger partial charge in [-0.15, -0.1) is 0 Å². The van der Waals surface area contributed by atoms with Crippen LogP contribution in [0.5, 0.6) is 11.5 Å². The van der Waals surface area contributed by atoms with Crippen molar-refractivity contribution in [1.82, 2.24) is 0 Å². The lowest BCUT2D eigenvalue weighted by Gasteiger charge is -1.99. The number of ether oxygens (including phenoxy) is 2. The predicted molar refractivity (Wildman–Crippen MR) is 78.8 cm³/mol. The lowest BCUT2D eigenvalue weighted by Crippen LogP contribution is -1.94. The van der Waals surface area contributed by atoms with Crippen LogP contribution in [-0.4, -0.2) is 12.6 Å². The molecule has 0 fully saturated rings. The van der Waals surface area contributed by atoms with Crippen LogP contribution in [0.1, 0.15) is 15.9 Å². The summed E-state index contributed by atoms with van der Waals surface area (Å²) in [7, 11) is 0. The van der Waals surface area contributed by atoms with E-state index in [4.69, 9.17) is 18.3 Å². The second-order valence-corrected chi connectivity index (χ2v) is 4.80. The summed E-state index contributed by atoms with van der Waals surface area (Å²) in [6.45, 7) is 1.47. The van der Waals surface area contributed by atoms with Gasteiger partial charge >= 0.3 is 17.6 Å². The Hall–Kier alpha value is -3.08. The average Bonchev–Trinajstić information content (AvgIpc) is 3.19. The SMILES string of the molecule is O=C(/C=C/c1ccc2[o+]coc2c1)c1ccc2c(c1)OCO2. The van der Waals surface area contributed by atoms with Crippen molar-refractivity contribution in [2.24, 2.45) is 0 Å². The second kappa shape index (κ2) is 5.04. The number of rotatable bonds is 3. The molecule has 0 saturated heterocycles. The lowest BCUT2D eigenvalue weighted by molar-refractivity contribution is 0.104. The minimum absolute atomic E-state index is 0.109. The summed E-state index contributed by atoms with van der Waals surface area (Å²) in [6, 6.07) is 10.6. The molecule has 0 aliphatic carbocycles. The fourth-order valence-electron chi connectivity index (χ4n) is 2.26. The molecule has 1 aromatic heterocycles. The van der Waals surface area contributed by atoms with E-state index in [1.165, 1.54) is 12.5 Å². The van der Waals surface area contributed by atoms with Crippen LogP contribution in [0, 0.1) is 0 Å². The molecule has 0 atom stereocenters. The van der Waals surface area contributed by atoms with Gasteiger partial charge in [0.1, 0.15) is 0 Å². The van der Waals surface area contributed by atoms with Gasteiger partial charge in [-0.1, -0.05) is 6.08 Å². The van der Waals surface area contributed by atoms with Gasteiger partial charge in [0.15, 0.2) is 17.3 Å². The smallest absolute Gasteiger partial charge is 0.454 e. The molecule has 3 aromatic rings. The number of hydrogen-bond acceptors (Lipinski definition) is 4. The fraction of sp³-hybridized carbons (Fsp3) is 0.0588. The Kier molecular flexibility index (Phi) is 2.89. The topological polar surface area (TPSA) is 60.0 Å². The Morgan fingerprint density at radius 2 is 2.00 bits per heavy atom. The largest absolute Gasteiger partial charge is 0.485 e. The van der Waals surface area contributed by atoms with Crippen LogP contribution in [0.25, 0.3) is 17.2 Å². The summed E-state index contributed by atoms with van der Waals surface area (Å²) in [5, 5.41) is 0. The highest BCUT2D eigenvalue weighted by molar-refractivity contribution is 6.07. The molecule has 22 heavy (non-hydrogen) atoms. The van der Waals surface area contributed by atoms with Crippen molar-refractivity contribution >= 4 is 23.0 Å². The molecule has 108 valence electrons. The monoisotopic (exact) mass is 295 g/mol. The first-order chi connectivity index (χ1) is 10.8. The van der Waals surface area contributed by atoms with E-state index in [9.17, 15) is 4.79 Å². The van der Waals surface area contributed by atoms with Gasteiger partial charge in [-0.05, 0) is 35.9 Å². The first-order valence-electron chi connectivity index (χ1n) is 6.71. The molecular formula is C17H11O5+. The molecule has 2 aromatic carbocycles.